The van der Waals surface area contributed by atoms with Gasteiger partial charge in [-0.2, -0.15) is 0 Å². The van der Waals surface area contributed by atoms with Gasteiger partial charge in [-0.3, -0.25) is 9.59 Å². The van der Waals surface area contributed by atoms with Gasteiger partial charge in [0.1, 0.15) is 10.8 Å². The Balaban J connectivity index is 1.69. The average Bonchev–Trinajstić information content (AvgIpc) is 3.11. The molecular formula is C26H34O4. The van der Waals surface area contributed by atoms with Crippen LogP contribution in [0.4, 0.5) is 0 Å². The molecule has 5 rings (SSSR count). The number of hydrogen-bond donors (Lipinski definition) is 0. The third-order valence-corrected chi connectivity index (χ3v) is 8.49. The number of carbonyl (C=O) groups excluding carboxylic acids is 2. The van der Waals surface area contributed by atoms with Gasteiger partial charge in [-0.1, -0.05) is 83.6 Å². The molecule has 1 aromatic rings. The first-order chi connectivity index (χ1) is 14.3. The molecule has 2 spiro atoms. The predicted octanol–water partition coefficient (Wildman–Crippen LogP) is 5.56. The summed E-state index contributed by atoms with van der Waals surface area (Å²) in [6.07, 6.45) is 8.73. The van der Waals surface area contributed by atoms with Crippen LogP contribution in [0, 0.1) is 10.8 Å². The fourth-order valence-electron chi connectivity index (χ4n) is 6.80. The molecule has 0 radical (unpaired) electrons. The van der Waals surface area contributed by atoms with E-state index in [0.29, 0.717) is 0 Å². The molecule has 4 fully saturated rings. The fraction of sp³-hybridized carbons (Fsp3) is 0.692. The van der Waals surface area contributed by atoms with Crippen molar-refractivity contribution in [1.82, 2.24) is 0 Å². The third-order valence-electron chi connectivity index (χ3n) is 8.49. The number of hydrogen-bond acceptors (Lipinski definition) is 4. The summed E-state index contributed by atoms with van der Waals surface area (Å²) >= 11 is 0. The summed E-state index contributed by atoms with van der Waals surface area (Å²) in [5, 5.41) is 0. The zero-order valence-corrected chi connectivity index (χ0v) is 18.6. The molecule has 0 amide bonds. The minimum absolute atomic E-state index is 0.0388. The SMILES string of the molecule is CC(C)(C)c1ccc([C@@]23OC(=O)C4(CCCCC4)[C@@H]2OC(=O)C32CCCCC2)cc1. The van der Waals surface area contributed by atoms with Crippen molar-refractivity contribution in [3.8, 4) is 0 Å². The first-order valence-electron chi connectivity index (χ1n) is 11.8. The van der Waals surface area contributed by atoms with Gasteiger partial charge in [0.2, 0.25) is 0 Å². The number of fused-ring (bicyclic) bond motifs is 3. The van der Waals surface area contributed by atoms with Crippen molar-refractivity contribution >= 4 is 11.9 Å². The van der Waals surface area contributed by atoms with Gasteiger partial charge in [0, 0.05) is 5.56 Å². The minimum atomic E-state index is -0.977. The molecule has 1 aromatic carbocycles. The third kappa shape index (κ3) is 2.45. The highest BCUT2D eigenvalue weighted by atomic mass is 16.6. The number of benzene rings is 1. The van der Waals surface area contributed by atoms with Gasteiger partial charge in [0.15, 0.2) is 11.7 Å². The molecule has 30 heavy (non-hydrogen) atoms. The molecule has 2 aliphatic heterocycles. The smallest absolute Gasteiger partial charge is 0.317 e. The van der Waals surface area contributed by atoms with E-state index in [1.807, 2.05) is 0 Å². The Bertz CT molecular complexity index is 848. The highest BCUT2D eigenvalue weighted by Gasteiger charge is 2.80. The molecule has 4 aliphatic rings. The summed E-state index contributed by atoms with van der Waals surface area (Å²) in [6.45, 7) is 6.58. The molecule has 0 aromatic heterocycles. The standard InChI is InChI=1S/C26H34O4/c1-23(2,3)18-10-12-19(13-11-18)26-20(24(21(27)30-26)14-6-4-7-15-24)29-22(28)25(26)16-8-5-9-17-25/h10-13,20H,4-9,14-17H2,1-3H3/t20-,26+/m0/s1. The molecule has 0 bridgehead atoms. The second kappa shape index (κ2) is 6.58. The lowest BCUT2D eigenvalue weighted by atomic mass is 9.57. The first kappa shape index (κ1) is 20.1. The lowest BCUT2D eigenvalue weighted by molar-refractivity contribution is -0.173. The topological polar surface area (TPSA) is 52.6 Å². The van der Waals surface area contributed by atoms with Crippen molar-refractivity contribution in [1.29, 1.82) is 0 Å². The fourth-order valence-corrected chi connectivity index (χ4v) is 6.80. The Morgan fingerprint density at radius 1 is 0.800 bits per heavy atom. The summed E-state index contributed by atoms with van der Waals surface area (Å²) in [5.74, 6) is -0.269. The number of esters is 2. The zero-order valence-electron chi connectivity index (χ0n) is 18.6. The summed E-state index contributed by atoms with van der Waals surface area (Å²) in [7, 11) is 0. The monoisotopic (exact) mass is 410 g/mol. The summed E-state index contributed by atoms with van der Waals surface area (Å²) in [5.41, 5.74) is -0.164. The Morgan fingerprint density at radius 3 is 1.93 bits per heavy atom. The van der Waals surface area contributed by atoms with E-state index in [2.05, 4.69) is 45.0 Å². The van der Waals surface area contributed by atoms with Crippen molar-refractivity contribution in [2.45, 2.75) is 102 Å². The number of rotatable bonds is 1. The lowest BCUT2D eigenvalue weighted by Crippen LogP contribution is -2.52. The van der Waals surface area contributed by atoms with Crippen LogP contribution >= 0.6 is 0 Å². The van der Waals surface area contributed by atoms with E-state index in [0.717, 1.165) is 69.8 Å². The van der Waals surface area contributed by atoms with Crippen LogP contribution in [0.2, 0.25) is 0 Å². The van der Waals surface area contributed by atoms with Crippen LogP contribution in [-0.2, 0) is 30.1 Å². The second-order valence-electron chi connectivity index (χ2n) is 11.1. The normalized spacial score (nSPS) is 32.2. The van der Waals surface area contributed by atoms with E-state index in [4.69, 9.17) is 9.47 Å². The van der Waals surface area contributed by atoms with Crippen LogP contribution in [-0.4, -0.2) is 18.0 Å². The number of ether oxygens (including phenoxy) is 2. The Morgan fingerprint density at radius 2 is 1.37 bits per heavy atom. The van der Waals surface area contributed by atoms with Crippen LogP contribution in [0.3, 0.4) is 0 Å². The van der Waals surface area contributed by atoms with Gasteiger partial charge in [-0.15, -0.1) is 0 Å². The maximum atomic E-state index is 13.5. The first-order valence-corrected chi connectivity index (χ1v) is 11.8. The van der Waals surface area contributed by atoms with Crippen LogP contribution in [0.25, 0.3) is 0 Å². The number of carbonyl (C=O) groups is 2. The maximum Gasteiger partial charge on any atom is 0.317 e. The van der Waals surface area contributed by atoms with Crippen LogP contribution in [0.5, 0.6) is 0 Å². The Hall–Kier alpha value is -1.84. The van der Waals surface area contributed by atoms with Crippen molar-refractivity contribution in [2.24, 2.45) is 10.8 Å². The average molecular weight is 411 g/mol. The van der Waals surface area contributed by atoms with Crippen molar-refractivity contribution in [2.75, 3.05) is 0 Å². The van der Waals surface area contributed by atoms with Crippen LogP contribution in [0.1, 0.15) is 96.1 Å². The largest absolute Gasteiger partial charge is 0.456 e. The van der Waals surface area contributed by atoms with Gasteiger partial charge >= 0.3 is 11.9 Å². The van der Waals surface area contributed by atoms with Crippen LogP contribution in [0.15, 0.2) is 24.3 Å². The quantitative estimate of drug-likeness (QED) is 0.569. The van der Waals surface area contributed by atoms with Gasteiger partial charge in [-0.05, 0) is 36.7 Å². The molecule has 2 heterocycles. The molecular weight excluding hydrogens is 376 g/mol. The van der Waals surface area contributed by atoms with Gasteiger partial charge in [0.25, 0.3) is 0 Å². The summed E-state index contributed by atoms with van der Waals surface area (Å²) < 4.78 is 12.7. The molecule has 0 unspecified atom stereocenters. The van der Waals surface area contributed by atoms with Crippen molar-refractivity contribution < 1.29 is 19.1 Å². The van der Waals surface area contributed by atoms with Gasteiger partial charge < -0.3 is 9.47 Å². The lowest BCUT2D eigenvalue weighted by Gasteiger charge is -2.43. The van der Waals surface area contributed by atoms with E-state index < -0.39 is 22.5 Å². The Labute approximate surface area is 179 Å². The van der Waals surface area contributed by atoms with Crippen molar-refractivity contribution in [3.05, 3.63) is 35.4 Å². The molecule has 2 saturated heterocycles. The van der Waals surface area contributed by atoms with Gasteiger partial charge in [0.05, 0.1) is 0 Å². The van der Waals surface area contributed by atoms with E-state index in [1.54, 1.807) is 0 Å². The molecule has 0 N–H and O–H groups in total. The molecule has 2 atom stereocenters. The molecule has 2 aliphatic carbocycles. The molecule has 4 nitrogen and oxygen atoms in total. The van der Waals surface area contributed by atoms with Crippen molar-refractivity contribution in [3.63, 3.8) is 0 Å². The van der Waals surface area contributed by atoms with E-state index in [9.17, 15) is 9.59 Å². The second-order valence-corrected chi connectivity index (χ2v) is 11.1. The Kier molecular flexibility index (Phi) is 4.40. The maximum absolute atomic E-state index is 13.5. The van der Waals surface area contributed by atoms with E-state index in [1.165, 1.54) is 5.56 Å². The highest BCUT2D eigenvalue weighted by molar-refractivity contribution is 5.90. The van der Waals surface area contributed by atoms with E-state index >= 15 is 0 Å². The minimum Gasteiger partial charge on any atom is -0.456 e. The van der Waals surface area contributed by atoms with E-state index in [-0.39, 0.29) is 17.4 Å². The highest BCUT2D eigenvalue weighted by Crippen LogP contribution is 2.68. The zero-order chi connectivity index (χ0) is 21.2. The summed E-state index contributed by atoms with van der Waals surface area (Å²) in [6, 6.07) is 8.47. The molecule has 4 heteroatoms. The molecule has 162 valence electrons. The summed E-state index contributed by atoms with van der Waals surface area (Å²) in [4.78, 5) is 27.0. The predicted molar refractivity (Wildman–Crippen MR) is 114 cm³/mol. The van der Waals surface area contributed by atoms with Gasteiger partial charge in [-0.25, -0.2) is 0 Å². The molecule has 2 saturated carbocycles. The van der Waals surface area contributed by atoms with Crippen LogP contribution < -0.4 is 0 Å².